The molecule has 2 fully saturated rings. The van der Waals surface area contributed by atoms with Crippen molar-refractivity contribution in [2.45, 2.75) is 12.1 Å². The number of nitro benzene ring substituents is 1. The SMILES string of the molecule is O=C1NC(=O)[C@H]2[C@H]1[C@H](C(=O)c1cccc([N+](=O)[O-])c1)N1C=Cc3ccccc3[C@@H]21. The quantitative estimate of drug-likeness (QED) is 0.373. The van der Waals surface area contributed by atoms with E-state index in [-0.39, 0.29) is 11.3 Å². The number of fused-ring (bicyclic) bond motifs is 5. The number of Topliss-reactive ketones (excluding diaryl/α,β-unsaturated/α-hetero) is 1. The standard InChI is InChI=1S/C21H15N3O5/c25-19(12-5-3-6-13(10-12)24(28)29)18-16-15(20(26)22-21(16)27)17-14-7-2-1-4-11(14)8-9-23(17)18/h1-10,15-18H,(H,22,26,27)/t15-,16-,17-,18+/m0/s1. The number of nitrogens with zero attached hydrogens (tertiary/aromatic N) is 2. The van der Waals surface area contributed by atoms with Crippen LogP contribution in [0.5, 0.6) is 0 Å². The molecule has 0 bridgehead atoms. The molecule has 1 N–H and O–H groups in total. The zero-order chi connectivity index (χ0) is 20.3. The first kappa shape index (κ1) is 17.3. The summed E-state index contributed by atoms with van der Waals surface area (Å²) < 4.78 is 0. The minimum atomic E-state index is -0.914. The van der Waals surface area contributed by atoms with E-state index in [4.69, 9.17) is 0 Å². The molecule has 2 aromatic rings. The summed E-state index contributed by atoms with van der Waals surface area (Å²) in [6.07, 6.45) is 3.59. The molecular weight excluding hydrogens is 374 g/mol. The molecule has 2 aromatic carbocycles. The minimum absolute atomic E-state index is 0.142. The summed E-state index contributed by atoms with van der Waals surface area (Å²) in [4.78, 5) is 50.9. The molecule has 3 aliphatic rings. The molecule has 0 spiro atoms. The summed E-state index contributed by atoms with van der Waals surface area (Å²) in [6, 6.07) is 11.6. The van der Waals surface area contributed by atoms with E-state index >= 15 is 0 Å². The molecule has 0 aliphatic carbocycles. The maximum atomic E-state index is 13.4. The second-order valence-electron chi connectivity index (χ2n) is 7.36. The normalized spacial score (nSPS) is 26.6. The number of nitrogens with one attached hydrogen (secondary N) is 1. The molecule has 0 aromatic heterocycles. The van der Waals surface area contributed by atoms with Crippen LogP contribution in [0.15, 0.2) is 54.7 Å². The van der Waals surface area contributed by atoms with Crippen LogP contribution in [0.2, 0.25) is 0 Å². The van der Waals surface area contributed by atoms with Crippen LogP contribution in [0, 0.1) is 22.0 Å². The third-order valence-corrected chi connectivity index (χ3v) is 5.91. The number of carbonyl (C=O) groups excluding carboxylic acids is 3. The predicted octanol–water partition coefficient (Wildman–Crippen LogP) is 2.08. The zero-order valence-electron chi connectivity index (χ0n) is 15.0. The average molecular weight is 389 g/mol. The van der Waals surface area contributed by atoms with Crippen molar-refractivity contribution in [3.63, 3.8) is 0 Å². The van der Waals surface area contributed by atoms with Crippen molar-refractivity contribution in [3.05, 3.63) is 81.5 Å². The van der Waals surface area contributed by atoms with Gasteiger partial charge in [0.1, 0.15) is 6.04 Å². The highest BCUT2D eigenvalue weighted by molar-refractivity contribution is 6.12. The van der Waals surface area contributed by atoms with Gasteiger partial charge in [-0.05, 0) is 17.2 Å². The zero-order valence-corrected chi connectivity index (χ0v) is 15.0. The Bertz CT molecular complexity index is 1120. The molecule has 2 amide bonds. The largest absolute Gasteiger partial charge is 0.358 e. The Kier molecular flexibility index (Phi) is 3.64. The van der Waals surface area contributed by atoms with Gasteiger partial charge in [-0.15, -0.1) is 0 Å². The van der Waals surface area contributed by atoms with Crippen molar-refractivity contribution in [1.29, 1.82) is 0 Å². The van der Waals surface area contributed by atoms with Gasteiger partial charge in [-0.3, -0.25) is 29.8 Å². The van der Waals surface area contributed by atoms with Gasteiger partial charge in [0, 0.05) is 23.9 Å². The van der Waals surface area contributed by atoms with E-state index in [2.05, 4.69) is 5.32 Å². The van der Waals surface area contributed by atoms with Crippen molar-refractivity contribution in [2.75, 3.05) is 0 Å². The van der Waals surface area contributed by atoms with Crippen LogP contribution in [-0.2, 0) is 9.59 Å². The number of carbonyl (C=O) groups is 3. The van der Waals surface area contributed by atoms with Crippen molar-refractivity contribution in [1.82, 2.24) is 10.2 Å². The number of ketones is 1. The van der Waals surface area contributed by atoms with E-state index in [1.807, 2.05) is 30.3 Å². The number of benzene rings is 2. The van der Waals surface area contributed by atoms with Crippen LogP contribution in [0.1, 0.15) is 27.5 Å². The summed E-state index contributed by atoms with van der Waals surface area (Å²) in [5.74, 6) is -2.84. The second-order valence-corrected chi connectivity index (χ2v) is 7.36. The molecule has 3 heterocycles. The molecule has 0 saturated carbocycles. The molecule has 5 rings (SSSR count). The lowest BCUT2D eigenvalue weighted by Gasteiger charge is -2.34. The van der Waals surface area contributed by atoms with E-state index in [9.17, 15) is 24.5 Å². The molecule has 29 heavy (non-hydrogen) atoms. The number of hydrogen-bond donors (Lipinski definition) is 1. The van der Waals surface area contributed by atoms with Gasteiger partial charge in [-0.1, -0.05) is 36.4 Å². The summed E-state index contributed by atoms with van der Waals surface area (Å²) in [5.41, 5.74) is 1.75. The van der Waals surface area contributed by atoms with Crippen molar-refractivity contribution < 1.29 is 19.3 Å². The molecule has 2 saturated heterocycles. The van der Waals surface area contributed by atoms with Gasteiger partial charge in [0.25, 0.3) is 5.69 Å². The fourth-order valence-corrected chi connectivity index (χ4v) is 4.72. The molecule has 0 radical (unpaired) electrons. The smallest absolute Gasteiger partial charge is 0.270 e. The first-order valence-electron chi connectivity index (χ1n) is 9.15. The fraction of sp³-hybridized carbons (Fsp3) is 0.190. The van der Waals surface area contributed by atoms with Gasteiger partial charge in [0.15, 0.2) is 5.78 Å². The Hall–Kier alpha value is -3.81. The number of non-ortho nitro benzene ring substituents is 1. The maximum absolute atomic E-state index is 13.4. The van der Waals surface area contributed by atoms with Crippen LogP contribution in [-0.4, -0.2) is 33.5 Å². The van der Waals surface area contributed by atoms with Gasteiger partial charge in [-0.25, -0.2) is 0 Å². The first-order chi connectivity index (χ1) is 14.0. The summed E-state index contributed by atoms with van der Waals surface area (Å²) in [5, 5.41) is 13.5. The lowest BCUT2D eigenvalue weighted by Crippen LogP contribution is -2.42. The average Bonchev–Trinajstić information content (AvgIpc) is 3.22. The number of imide groups is 1. The molecule has 4 atom stereocenters. The summed E-state index contributed by atoms with van der Waals surface area (Å²) in [7, 11) is 0. The highest BCUT2D eigenvalue weighted by atomic mass is 16.6. The Labute approximate surface area is 165 Å². The van der Waals surface area contributed by atoms with Crippen LogP contribution in [0.3, 0.4) is 0 Å². The highest BCUT2D eigenvalue weighted by Crippen LogP contribution is 2.51. The Balaban J connectivity index is 1.63. The fourth-order valence-electron chi connectivity index (χ4n) is 4.72. The number of hydrogen-bond acceptors (Lipinski definition) is 6. The van der Waals surface area contributed by atoms with Crippen LogP contribution < -0.4 is 5.32 Å². The number of amides is 2. The van der Waals surface area contributed by atoms with Crippen molar-refractivity contribution in [3.8, 4) is 0 Å². The summed E-state index contributed by atoms with van der Waals surface area (Å²) >= 11 is 0. The van der Waals surface area contributed by atoms with E-state index in [1.165, 1.54) is 24.3 Å². The predicted molar refractivity (Wildman–Crippen MR) is 101 cm³/mol. The van der Waals surface area contributed by atoms with Crippen molar-refractivity contribution in [2.24, 2.45) is 11.8 Å². The van der Waals surface area contributed by atoms with Gasteiger partial charge >= 0.3 is 0 Å². The Morgan fingerprint density at radius 1 is 1.03 bits per heavy atom. The molecule has 144 valence electrons. The summed E-state index contributed by atoms with van der Waals surface area (Å²) in [6.45, 7) is 0. The lowest BCUT2D eigenvalue weighted by molar-refractivity contribution is -0.384. The van der Waals surface area contributed by atoms with Gasteiger partial charge < -0.3 is 4.90 Å². The van der Waals surface area contributed by atoms with Crippen LogP contribution in [0.4, 0.5) is 5.69 Å². The minimum Gasteiger partial charge on any atom is -0.358 e. The third kappa shape index (κ3) is 2.42. The Morgan fingerprint density at radius 2 is 1.79 bits per heavy atom. The first-order valence-corrected chi connectivity index (χ1v) is 9.15. The van der Waals surface area contributed by atoms with Crippen molar-refractivity contribution >= 4 is 29.4 Å². The third-order valence-electron chi connectivity index (χ3n) is 5.91. The monoisotopic (exact) mass is 389 g/mol. The van der Waals surface area contributed by atoms with E-state index in [0.29, 0.717) is 0 Å². The maximum Gasteiger partial charge on any atom is 0.270 e. The number of rotatable bonds is 3. The van der Waals surface area contributed by atoms with Gasteiger partial charge in [0.05, 0.1) is 22.8 Å². The van der Waals surface area contributed by atoms with Crippen LogP contribution in [0.25, 0.3) is 6.08 Å². The van der Waals surface area contributed by atoms with E-state index < -0.39 is 46.4 Å². The topological polar surface area (TPSA) is 110 Å². The highest BCUT2D eigenvalue weighted by Gasteiger charge is 2.61. The van der Waals surface area contributed by atoms with Gasteiger partial charge in [0.2, 0.25) is 11.8 Å². The number of nitro groups is 1. The molecule has 0 unspecified atom stereocenters. The van der Waals surface area contributed by atoms with E-state index in [0.717, 1.165) is 11.1 Å². The van der Waals surface area contributed by atoms with Gasteiger partial charge in [-0.2, -0.15) is 0 Å². The molecular formula is C21H15N3O5. The lowest BCUT2D eigenvalue weighted by atomic mass is 9.83. The van der Waals surface area contributed by atoms with E-state index in [1.54, 1.807) is 11.1 Å². The van der Waals surface area contributed by atoms with Crippen LogP contribution >= 0.6 is 0 Å². The molecule has 8 heteroatoms. The second kappa shape index (κ2) is 6.10. The molecule has 8 nitrogen and oxygen atoms in total. The Morgan fingerprint density at radius 3 is 2.59 bits per heavy atom. The molecule has 3 aliphatic heterocycles.